The number of anilines is 1. The Kier molecular flexibility index (Phi) is 5.00. The van der Waals surface area contributed by atoms with E-state index in [1.165, 1.54) is 32.1 Å². The average Bonchev–Trinajstić information content (AvgIpc) is 2.39. The van der Waals surface area contributed by atoms with Gasteiger partial charge in [-0.3, -0.25) is 0 Å². The maximum atomic E-state index is 5.57. The molecule has 0 spiro atoms. The normalized spacial score (nSPS) is 16.6. The number of ether oxygens (including phenoxy) is 1. The van der Waals surface area contributed by atoms with Crippen molar-refractivity contribution in [3.05, 3.63) is 11.9 Å². The fourth-order valence-electron chi connectivity index (χ4n) is 2.58. The minimum absolute atomic E-state index is 0.364. The van der Waals surface area contributed by atoms with Gasteiger partial charge in [0.1, 0.15) is 11.6 Å². The molecule has 2 rings (SSSR count). The minimum atomic E-state index is 0.364. The first kappa shape index (κ1) is 14.1. The Morgan fingerprint density at radius 3 is 2.63 bits per heavy atom. The van der Waals surface area contributed by atoms with Gasteiger partial charge in [-0.2, -0.15) is 4.98 Å². The summed E-state index contributed by atoms with van der Waals surface area (Å²) in [5, 5.41) is 3.35. The maximum absolute atomic E-state index is 5.57. The predicted octanol–water partition coefficient (Wildman–Crippen LogP) is 3.74. The van der Waals surface area contributed by atoms with Crippen LogP contribution in [0.2, 0.25) is 0 Å². The third kappa shape index (κ3) is 4.08. The maximum Gasteiger partial charge on any atom is 0.218 e. The van der Waals surface area contributed by atoms with Crippen LogP contribution in [0.5, 0.6) is 5.88 Å². The second-order valence-electron chi connectivity index (χ2n) is 5.52. The lowest BCUT2D eigenvalue weighted by atomic mass is 9.89. The molecule has 0 aromatic carbocycles. The molecule has 0 amide bonds. The van der Waals surface area contributed by atoms with E-state index in [0.717, 1.165) is 11.6 Å². The highest BCUT2D eigenvalue weighted by Gasteiger charge is 2.20. The molecule has 0 unspecified atom stereocenters. The Morgan fingerprint density at radius 1 is 1.26 bits per heavy atom. The van der Waals surface area contributed by atoms with Crippen molar-refractivity contribution < 1.29 is 4.74 Å². The molecule has 0 aliphatic heterocycles. The van der Waals surface area contributed by atoms with Crippen LogP contribution < -0.4 is 10.1 Å². The number of nitrogens with zero attached hydrogens (tertiary/aromatic N) is 2. The van der Waals surface area contributed by atoms with E-state index < -0.39 is 0 Å². The quantitative estimate of drug-likeness (QED) is 0.879. The van der Waals surface area contributed by atoms with Gasteiger partial charge < -0.3 is 10.1 Å². The molecule has 4 heteroatoms. The molecule has 19 heavy (non-hydrogen) atoms. The molecule has 0 atom stereocenters. The summed E-state index contributed by atoms with van der Waals surface area (Å²) in [5.41, 5.74) is 0. The third-order valence-electron chi connectivity index (χ3n) is 3.42. The van der Waals surface area contributed by atoms with Gasteiger partial charge in [-0.05, 0) is 33.6 Å². The molecule has 4 nitrogen and oxygen atoms in total. The lowest BCUT2D eigenvalue weighted by Gasteiger charge is -2.21. The lowest BCUT2D eigenvalue weighted by Crippen LogP contribution is -2.15. The SMILES string of the molecule is CCOc1cc(NC(C)C)nc(C2CCCCC2)n1. The first-order valence-electron chi connectivity index (χ1n) is 7.47. The Hall–Kier alpha value is -1.32. The van der Waals surface area contributed by atoms with Crippen LogP contribution in [0.15, 0.2) is 6.07 Å². The van der Waals surface area contributed by atoms with E-state index in [2.05, 4.69) is 29.1 Å². The fourth-order valence-corrected chi connectivity index (χ4v) is 2.58. The molecule has 1 heterocycles. The van der Waals surface area contributed by atoms with Gasteiger partial charge in [0.2, 0.25) is 5.88 Å². The lowest BCUT2D eigenvalue weighted by molar-refractivity contribution is 0.322. The summed E-state index contributed by atoms with van der Waals surface area (Å²) in [5.74, 6) is 3.03. The predicted molar refractivity (Wildman–Crippen MR) is 77.8 cm³/mol. The highest BCUT2D eigenvalue weighted by atomic mass is 16.5. The Balaban J connectivity index is 2.21. The number of nitrogens with one attached hydrogen (secondary N) is 1. The van der Waals surface area contributed by atoms with Crippen LogP contribution in [0.25, 0.3) is 0 Å². The van der Waals surface area contributed by atoms with Crippen molar-refractivity contribution >= 4 is 5.82 Å². The van der Waals surface area contributed by atoms with E-state index in [9.17, 15) is 0 Å². The zero-order valence-corrected chi connectivity index (χ0v) is 12.3. The molecule has 106 valence electrons. The molecule has 1 aromatic rings. The number of hydrogen-bond donors (Lipinski definition) is 1. The summed E-state index contributed by atoms with van der Waals surface area (Å²) < 4.78 is 5.57. The molecule has 1 aliphatic rings. The monoisotopic (exact) mass is 263 g/mol. The zero-order valence-electron chi connectivity index (χ0n) is 12.3. The van der Waals surface area contributed by atoms with Crippen LogP contribution >= 0.6 is 0 Å². The van der Waals surface area contributed by atoms with Gasteiger partial charge in [-0.1, -0.05) is 19.3 Å². The van der Waals surface area contributed by atoms with Crippen molar-refractivity contribution in [1.29, 1.82) is 0 Å². The zero-order chi connectivity index (χ0) is 13.7. The van der Waals surface area contributed by atoms with Gasteiger partial charge in [0, 0.05) is 18.0 Å². The Labute approximate surface area is 116 Å². The standard InChI is InChI=1S/C15H25N3O/c1-4-19-14-10-13(16-11(2)3)17-15(18-14)12-8-6-5-7-9-12/h10-12H,4-9H2,1-3H3,(H,16,17,18). The Morgan fingerprint density at radius 2 is 2.00 bits per heavy atom. The van der Waals surface area contributed by atoms with Gasteiger partial charge in [0.05, 0.1) is 6.61 Å². The highest BCUT2D eigenvalue weighted by Crippen LogP contribution is 2.32. The number of rotatable bonds is 5. The topological polar surface area (TPSA) is 47.0 Å². The van der Waals surface area contributed by atoms with E-state index >= 15 is 0 Å². The van der Waals surface area contributed by atoms with Crippen LogP contribution in [0, 0.1) is 0 Å². The van der Waals surface area contributed by atoms with Crippen LogP contribution in [-0.2, 0) is 0 Å². The summed E-state index contributed by atoms with van der Waals surface area (Å²) in [4.78, 5) is 9.26. The molecule has 1 fully saturated rings. The first-order chi connectivity index (χ1) is 9.19. The van der Waals surface area contributed by atoms with Gasteiger partial charge in [0.15, 0.2) is 0 Å². The largest absolute Gasteiger partial charge is 0.478 e. The summed E-state index contributed by atoms with van der Waals surface area (Å²) >= 11 is 0. The van der Waals surface area contributed by atoms with Crippen LogP contribution in [0.1, 0.15) is 64.6 Å². The summed E-state index contributed by atoms with van der Waals surface area (Å²) in [7, 11) is 0. The van der Waals surface area contributed by atoms with Gasteiger partial charge in [-0.15, -0.1) is 0 Å². The average molecular weight is 263 g/mol. The molecule has 0 saturated heterocycles. The molecule has 1 saturated carbocycles. The van der Waals surface area contributed by atoms with E-state index in [1.807, 2.05) is 13.0 Å². The second kappa shape index (κ2) is 6.73. The molecule has 0 radical (unpaired) electrons. The molecule has 1 aromatic heterocycles. The summed E-state index contributed by atoms with van der Waals surface area (Å²) in [6, 6.07) is 2.26. The van der Waals surface area contributed by atoms with Crippen LogP contribution in [-0.4, -0.2) is 22.6 Å². The first-order valence-corrected chi connectivity index (χ1v) is 7.47. The summed E-state index contributed by atoms with van der Waals surface area (Å²) in [6.45, 7) is 6.85. The number of hydrogen-bond acceptors (Lipinski definition) is 4. The van der Waals surface area contributed by atoms with Crippen molar-refractivity contribution in [3.8, 4) is 5.88 Å². The smallest absolute Gasteiger partial charge is 0.218 e. The van der Waals surface area contributed by atoms with Crippen molar-refractivity contribution in [1.82, 2.24) is 9.97 Å². The van der Waals surface area contributed by atoms with E-state index in [1.54, 1.807) is 0 Å². The molecule has 1 aliphatic carbocycles. The van der Waals surface area contributed by atoms with Crippen molar-refractivity contribution in [2.45, 2.75) is 64.8 Å². The highest BCUT2D eigenvalue weighted by molar-refractivity contribution is 5.39. The van der Waals surface area contributed by atoms with Gasteiger partial charge in [0.25, 0.3) is 0 Å². The second-order valence-corrected chi connectivity index (χ2v) is 5.52. The Bertz CT molecular complexity index is 400. The van der Waals surface area contributed by atoms with E-state index in [-0.39, 0.29) is 0 Å². The fraction of sp³-hybridized carbons (Fsp3) is 0.733. The minimum Gasteiger partial charge on any atom is -0.478 e. The van der Waals surface area contributed by atoms with E-state index in [0.29, 0.717) is 24.4 Å². The van der Waals surface area contributed by atoms with Crippen LogP contribution in [0.4, 0.5) is 5.82 Å². The molecule has 1 N–H and O–H groups in total. The molecular weight excluding hydrogens is 238 g/mol. The third-order valence-corrected chi connectivity index (χ3v) is 3.42. The summed E-state index contributed by atoms with van der Waals surface area (Å²) in [6.07, 6.45) is 6.34. The molecular formula is C15H25N3O. The molecule has 0 bridgehead atoms. The number of aromatic nitrogens is 2. The van der Waals surface area contributed by atoms with Crippen molar-refractivity contribution in [2.24, 2.45) is 0 Å². The van der Waals surface area contributed by atoms with Gasteiger partial charge >= 0.3 is 0 Å². The van der Waals surface area contributed by atoms with Crippen molar-refractivity contribution in [3.63, 3.8) is 0 Å². The van der Waals surface area contributed by atoms with Gasteiger partial charge in [-0.25, -0.2) is 4.98 Å². The van der Waals surface area contributed by atoms with Crippen molar-refractivity contribution in [2.75, 3.05) is 11.9 Å². The van der Waals surface area contributed by atoms with Crippen LogP contribution in [0.3, 0.4) is 0 Å². The van der Waals surface area contributed by atoms with E-state index in [4.69, 9.17) is 4.74 Å².